The van der Waals surface area contributed by atoms with Gasteiger partial charge in [0.1, 0.15) is 6.33 Å². The summed E-state index contributed by atoms with van der Waals surface area (Å²) < 4.78 is 2.04. The summed E-state index contributed by atoms with van der Waals surface area (Å²) in [5, 5.41) is 0.733. The first-order chi connectivity index (χ1) is 14.7. The van der Waals surface area contributed by atoms with Gasteiger partial charge in [-0.15, -0.1) is 0 Å². The van der Waals surface area contributed by atoms with Crippen LogP contribution in [0.25, 0.3) is 16.7 Å². The van der Waals surface area contributed by atoms with Crippen LogP contribution in [0.4, 0.5) is 5.69 Å². The van der Waals surface area contributed by atoms with Gasteiger partial charge in [-0.2, -0.15) is 0 Å². The van der Waals surface area contributed by atoms with Gasteiger partial charge in [0, 0.05) is 48.1 Å². The lowest BCUT2D eigenvalue weighted by molar-refractivity contribution is 0.0747. The molecule has 1 aliphatic rings. The minimum Gasteiger partial charge on any atom is -0.368 e. The second kappa shape index (κ2) is 7.84. The van der Waals surface area contributed by atoms with E-state index in [9.17, 15) is 4.79 Å². The summed E-state index contributed by atoms with van der Waals surface area (Å²) in [7, 11) is 0. The van der Waals surface area contributed by atoms with Crippen molar-refractivity contribution in [2.24, 2.45) is 0 Å². The molecule has 30 heavy (non-hydrogen) atoms. The van der Waals surface area contributed by atoms with Crippen molar-refractivity contribution < 1.29 is 4.79 Å². The quantitative estimate of drug-likeness (QED) is 0.488. The van der Waals surface area contributed by atoms with Gasteiger partial charge in [-0.25, -0.2) is 4.98 Å². The van der Waals surface area contributed by atoms with Crippen LogP contribution < -0.4 is 4.90 Å². The van der Waals surface area contributed by atoms with Gasteiger partial charge in [-0.3, -0.25) is 9.36 Å². The van der Waals surface area contributed by atoms with Crippen molar-refractivity contribution in [1.29, 1.82) is 0 Å². The van der Waals surface area contributed by atoms with Gasteiger partial charge in [0.15, 0.2) is 0 Å². The summed E-state index contributed by atoms with van der Waals surface area (Å²) >= 11 is 6.11. The number of rotatable bonds is 3. The number of para-hydroxylation sites is 2. The van der Waals surface area contributed by atoms with Crippen molar-refractivity contribution >= 4 is 34.2 Å². The Hall–Kier alpha value is -3.31. The third-order valence-corrected chi connectivity index (χ3v) is 5.82. The van der Waals surface area contributed by atoms with Crippen LogP contribution in [-0.4, -0.2) is 46.5 Å². The second-order valence-corrected chi connectivity index (χ2v) is 7.85. The average Bonchev–Trinajstić information content (AvgIpc) is 3.23. The predicted octanol–water partition coefficient (Wildman–Crippen LogP) is 4.64. The zero-order valence-corrected chi connectivity index (χ0v) is 17.2. The van der Waals surface area contributed by atoms with Crippen LogP contribution in [0.2, 0.25) is 5.02 Å². The highest BCUT2D eigenvalue weighted by atomic mass is 35.5. The molecule has 1 aromatic heterocycles. The SMILES string of the molecule is O=C(c1ccc(-n2cnc3ccccc32)cc1)N1CCN(c2cccc(Cl)c2)CC1. The molecule has 0 atom stereocenters. The van der Waals surface area contributed by atoms with E-state index >= 15 is 0 Å². The van der Waals surface area contributed by atoms with Crippen LogP contribution >= 0.6 is 11.6 Å². The number of piperazine rings is 1. The molecular formula is C24H21ClN4O. The number of imidazole rings is 1. The third-order valence-electron chi connectivity index (χ3n) is 5.59. The highest BCUT2D eigenvalue weighted by Crippen LogP contribution is 2.22. The number of hydrogen-bond donors (Lipinski definition) is 0. The minimum absolute atomic E-state index is 0.0720. The zero-order valence-electron chi connectivity index (χ0n) is 16.4. The number of halogens is 1. The highest BCUT2D eigenvalue weighted by molar-refractivity contribution is 6.30. The second-order valence-electron chi connectivity index (χ2n) is 7.41. The molecule has 0 aliphatic carbocycles. The normalized spacial score (nSPS) is 14.3. The van der Waals surface area contributed by atoms with Crippen molar-refractivity contribution in [2.75, 3.05) is 31.1 Å². The van der Waals surface area contributed by atoms with Gasteiger partial charge < -0.3 is 9.80 Å². The number of hydrogen-bond acceptors (Lipinski definition) is 3. The molecule has 1 fully saturated rings. The van der Waals surface area contributed by atoms with Gasteiger partial charge in [-0.05, 0) is 54.6 Å². The summed E-state index contributed by atoms with van der Waals surface area (Å²) in [6.45, 7) is 2.98. The van der Waals surface area contributed by atoms with Crippen molar-refractivity contribution in [3.05, 3.63) is 89.7 Å². The van der Waals surface area contributed by atoms with Crippen molar-refractivity contribution in [3.63, 3.8) is 0 Å². The number of carbonyl (C=O) groups excluding carboxylic acids is 1. The molecule has 6 heteroatoms. The fraction of sp³-hybridized carbons (Fsp3) is 0.167. The smallest absolute Gasteiger partial charge is 0.253 e. The van der Waals surface area contributed by atoms with Crippen LogP contribution in [0.5, 0.6) is 0 Å². The number of nitrogens with zero attached hydrogens (tertiary/aromatic N) is 4. The Morgan fingerprint density at radius 2 is 1.60 bits per heavy atom. The van der Waals surface area contributed by atoms with Gasteiger partial charge in [0.25, 0.3) is 5.91 Å². The van der Waals surface area contributed by atoms with Gasteiger partial charge in [-0.1, -0.05) is 29.8 Å². The Morgan fingerprint density at radius 3 is 2.37 bits per heavy atom. The lowest BCUT2D eigenvalue weighted by atomic mass is 10.1. The third kappa shape index (κ3) is 3.53. The molecule has 5 nitrogen and oxygen atoms in total. The van der Waals surface area contributed by atoms with Crippen LogP contribution in [0.1, 0.15) is 10.4 Å². The molecule has 1 aliphatic heterocycles. The lowest BCUT2D eigenvalue weighted by Gasteiger charge is -2.36. The minimum atomic E-state index is 0.0720. The van der Waals surface area contributed by atoms with Crippen molar-refractivity contribution in [2.45, 2.75) is 0 Å². The number of fused-ring (bicyclic) bond motifs is 1. The zero-order chi connectivity index (χ0) is 20.5. The van der Waals surface area contributed by atoms with Crippen LogP contribution in [-0.2, 0) is 0 Å². The molecule has 0 N–H and O–H groups in total. The Bertz CT molecular complexity index is 1190. The molecule has 150 valence electrons. The largest absolute Gasteiger partial charge is 0.368 e. The van der Waals surface area contributed by atoms with Gasteiger partial charge in [0.2, 0.25) is 0 Å². The Kier molecular flexibility index (Phi) is 4.89. The maximum Gasteiger partial charge on any atom is 0.253 e. The average molecular weight is 417 g/mol. The molecule has 2 heterocycles. The monoisotopic (exact) mass is 416 g/mol. The first-order valence-corrected chi connectivity index (χ1v) is 10.4. The van der Waals surface area contributed by atoms with Gasteiger partial charge >= 0.3 is 0 Å². The van der Waals surface area contributed by atoms with Crippen LogP contribution in [0, 0.1) is 0 Å². The highest BCUT2D eigenvalue weighted by Gasteiger charge is 2.22. The Morgan fingerprint density at radius 1 is 0.833 bits per heavy atom. The molecule has 0 spiro atoms. The number of aromatic nitrogens is 2. The molecular weight excluding hydrogens is 396 g/mol. The first kappa shape index (κ1) is 18.7. The molecule has 1 amide bonds. The number of benzene rings is 3. The summed E-state index contributed by atoms with van der Waals surface area (Å²) in [6.07, 6.45) is 1.82. The van der Waals surface area contributed by atoms with Gasteiger partial charge in [0.05, 0.1) is 11.0 Å². The fourth-order valence-electron chi connectivity index (χ4n) is 3.95. The molecule has 0 radical (unpaired) electrons. The molecule has 3 aromatic carbocycles. The summed E-state index contributed by atoms with van der Waals surface area (Å²) in [5.74, 6) is 0.0720. The Labute approximate surface area is 180 Å². The number of carbonyl (C=O) groups is 1. The van der Waals surface area contributed by atoms with E-state index in [2.05, 4.69) is 16.0 Å². The molecule has 1 saturated heterocycles. The van der Waals surface area contributed by atoms with E-state index in [0.717, 1.165) is 40.5 Å². The standard InChI is InChI=1S/C24H21ClN4O/c25-19-4-3-5-21(16-19)27-12-14-28(15-13-27)24(30)18-8-10-20(11-9-18)29-17-26-22-6-1-2-7-23(22)29/h1-11,16-17H,12-15H2. The topological polar surface area (TPSA) is 41.4 Å². The number of amides is 1. The van der Waals surface area contributed by atoms with E-state index in [-0.39, 0.29) is 5.91 Å². The summed E-state index contributed by atoms with van der Waals surface area (Å²) in [6, 6.07) is 23.6. The van der Waals surface area contributed by atoms with Crippen molar-refractivity contribution in [3.8, 4) is 5.69 Å². The van der Waals surface area contributed by atoms with Crippen LogP contribution in [0.3, 0.4) is 0 Å². The number of anilines is 1. The predicted molar refractivity (Wildman–Crippen MR) is 121 cm³/mol. The molecule has 5 rings (SSSR count). The first-order valence-electron chi connectivity index (χ1n) is 10.0. The summed E-state index contributed by atoms with van der Waals surface area (Å²) in [4.78, 5) is 21.6. The van der Waals surface area contributed by atoms with E-state index in [0.29, 0.717) is 18.7 Å². The maximum atomic E-state index is 13.0. The lowest BCUT2D eigenvalue weighted by Crippen LogP contribution is -2.48. The fourth-order valence-corrected chi connectivity index (χ4v) is 4.14. The Balaban J connectivity index is 1.28. The van der Waals surface area contributed by atoms with E-state index < -0.39 is 0 Å². The molecule has 0 saturated carbocycles. The molecule has 0 bridgehead atoms. The molecule has 4 aromatic rings. The van der Waals surface area contributed by atoms with E-state index in [1.54, 1.807) is 0 Å². The van der Waals surface area contributed by atoms with E-state index in [4.69, 9.17) is 11.6 Å². The summed E-state index contributed by atoms with van der Waals surface area (Å²) in [5.41, 5.74) is 4.81. The maximum absolute atomic E-state index is 13.0. The van der Waals surface area contributed by atoms with E-state index in [1.165, 1.54) is 0 Å². The van der Waals surface area contributed by atoms with Crippen LogP contribution in [0.15, 0.2) is 79.1 Å². The molecule has 0 unspecified atom stereocenters. The van der Waals surface area contributed by atoms with E-state index in [1.807, 2.05) is 82.5 Å². The van der Waals surface area contributed by atoms with Crippen molar-refractivity contribution in [1.82, 2.24) is 14.5 Å².